The molecule has 5 aliphatic heterocycles. The van der Waals surface area contributed by atoms with E-state index in [2.05, 4.69) is 5.32 Å². The number of aliphatic hydroxyl groups excluding tert-OH is 1. The van der Waals surface area contributed by atoms with Crippen LogP contribution in [0, 0.1) is 7.43 Å². The Morgan fingerprint density at radius 3 is 1.53 bits per heavy atom. The first-order valence-corrected chi connectivity index (χ1v) is 24.6. The van der Waals surface area contributed by atoms with Crippen LogP contribution in [0.15, 0.2) is 0 Å². The number of alkyl halides is 3. The quantitative estimate of drug-likeness (QED) is 0.117. The number of nitrogens with one attached hydrogen (secondary N) is 1. The Labute approximate surface area is 482 Å². The van der Waals surface area contributed by atoms with Crippen molar-refractivity contribution in [2.45, 2.75) is 176 Å². The van der Waals surface area contributed by atoms with E-state index in [1.165, 1.54) is 27.5 Å². The van der Waals surface area contributed by atoms with Gasteiger partial charge in [-0.05, 0) is 95.4 Å². The number of carbonyl (C=O) groups is 5. The van der Waals surface area contributed by atoms with Crippen LogP contribution >= 0.6 is 0 Å². The van der Waals surface area contributed by atoms with Crippen LogP contribution in [-0.2, 0) is 47.5 Å². The van der Waals surface area contributed by atoms with Crippen LogP contribution in [0.4, 0.5) is 27.6 Å². The second-order valence-electron chi connectivity index (χ2n) is 20.6. The number of ketones is 1. The van der Waals surface area contributed by atoms with Gasteiger partial charge >= 0.3 is 47.5 Å². The summed E-state index contributed by atoms with van der Waals surface area (Å²) in [5.41, 5.74) is -3.07. The number of β-amino-alcohol motifs (C(OH)–C–C–N with tert-alkyl or cyclic N) is 3. The predicted molar refractivity (Wildman–Crippen MR) is 283 cm³/mol. The molecule has 5 saturated heterocycles. The van der Waals surface area contributed by atoms with E-state index in [0.717, 1.165) is 32.8 Å². The van der Waals surface area contributed by atoms with Crippen molar-refractivity contribution in [2.75, 3.05) is 118 Å². The first-order chi connectivity index (χ1) is 33.6. The van der Waals surface area contributed by atoms with Crippen LogP contribution in [-0.4, -0.2) is 242 Å². The first-order valence-electron chi connectivity index (χ1n) is 25.4. The van der Waals surface area contributed by atoms with Crippen molar-refractivity contribution in [3.63, 3.8) is 0 Å². The molecular formula is C51H100BrF3MgN4O16. The molecule has 20 nitrogen and oxygen atoms in total. The van der Waals surface area contributed by atoms with Crippen molar-refractivity contribution in [3.8, 4) is 0 Å². The third kappa shape index (κ3) is 52.5. The van der Waals surface area contributed by atoms with Crippen LogP contribution < -0.4 is 22.3 Å². The van der Waals surface area contributed by atoms with Gasteiger partial charge in [-0.2, -0.15) is 13.2 Å². The fraction of sp³-hybridized carbons (Fsp3) is 0.882. The van der Waals surface area contributed by atoms with Crippen LogP contribution in [0.5, 0.6) is 0 Å². The number of Topliss-reactive ketones (excluding diaryl/α,β-unsaturated/α-hetero) is 1. The smallest absolute Gasteiger partial charge is 1.00 e. The van der Waals surface area contributed by atoms with Crippen molar-refractivity contribution in [3.05, 3.63) is 7.43 Å². The van der Waals surface area contributed by atoms with Crippen LogP contribution in [0.2, 0.25) is 0 Å². The number of rotatable bonds is 0. The third-order valence-electron chi connectivity index (χ3n) is 9.38. The number of amides is 3. The molecule has 3 unspecified atom stereocenters. The van der Waals surface area contributed by atoms with Gasteiger partial charge in [-0.3, -0.25) is 14.5 Å². The van der Waals surface area contributed by atoms with E-state index in [1.807, 2.05) is 48.5 Å². The van der Waals surface area contributed by atoms with E-state index in [9.17, 15) is 47.7 Å². The Morgan fingerprint density at radius 2 is 1.08 bits per heavy atom. The van der Waals surface area contributed by atoms with Gasteiger partial charge in [0.25, 0.3) is 0 Å². The molecule has 5 fully saturated rings. The van der Waals surface area contributed by atoms with E-state index in [1.54, 1.807) is 34.6 Å². The molecule has 0 spiro atoms. The minimum Gasteiger partial charge on any atom is -1.00 e. The van der Waals surface area contributed by atoms with E-state index >= 15 is 0 Å². The molecule has 3 atom stereocenters. The Morgan fingerprint density at radius 1 is 0.697 bits per heavy atom. The Kier molecular flexibility index (Phi) is 48.5. The van der Waals surface area contributed by atoms with Gasteiger partial charge in [-0.1, -0.05) is 21.3 Å². The number of aldehydes is 1. The van der Waals surface area contributed by atoms with Gasteiger partial charge < -0.3 is 92.7 Å². The molecule has 450 valence electrons. The van der Waals surface area contributed by atoms with Crippen molar-refractivity contribution < 1.29 is 109 Å². The molecule has 5 rings (SSSR count). The van der Waals surface area contributed by atoms with Crippen molar-refractivity contribution >= 4 is 53.4 Å². The van der Waals surface area contributed by atoms with Crippen LogP contribution in [0.3, 0.4) is 0 Å². The van der Waals surface area contributed by atoms with E-state index in [4.69, 9.17) is 44.1 Å². The second-order valence-corrected chi connectivity index (χ2v) is 20.6. The SMILES string of the molecule is C.C1CCOC1.CC(C)(C)OC(=O)N1CCOCCC(=O)C1.CC(C)(C)OC(=O)N1CCOCCC(O)C1.CC1(O)CCOCCN(C(=O)OC(C)(C)C)C1.CC1(O)CCOCCNC1.O=CC(F)(F)F.[2H]CC.[Br-].[CH3-].[Mg+2]. The Hall–Kier alpha value is -2.17. The number of hydrogen-bond acceptors (Lipinski definition) is 17. The van der Waals surface area contributed by atoms with Crippen molar-refractivity contribution in [2.24, 2.45) is 0 Å². The van der Waals surface area contributed by atoms with Gasteiger partial charge in [0.1, 0.15) is 16.8 Å². The standard InChI is InChI=1S/C12H23NO4.C11H21NO4.C11H19NO4.C7H15NO2.C4H8O.C2HF3O.C2H6.CH4.CH3.BrH.Mg/c1-11(2,3)17-10(14)13-6-8-16-7-5-12(4,15)9-13;2*1-11(2,3)16-10(14)12-5-7-15-6-4-9(13)8-12;1-7(9)2-4-10-5-3-8-6-7;1-2-4-5-3-1;3-2(4,5)1-6;1-2;;;;/h15H,5-9H2,1-4H3;9,13H,4-8H2,1-3H3;4-8H2,1-3H3;8-9H,2-6H2,1H3;1-4H2;1H;1-2H3;1H4;1H3;1H;/q;;;;;;;;-1;;+2/p-1/i;;;;;;1D;;;;. The zero-order valence-electron chi connectivity index (χ0n) is 48.5. The summed E-state index contributed by atoms with van der Waals surface area (Å²) < 4.78 is 79.1. The largest absolute Gasteiger partial charge is 2.00 e. The molecule has 0 aliphatic carbocycles. The minimum absolute atomic E-state index is 0. The fourth-order valence-electron chi connectivity index (χ4n) is 5.86. The summed E-state index contributed by atoms with van der Waals surface area (Å²) in [6.45, 7) is 32.1. The van der Waals surface area contributed by atoms with Crippen molar-refractivity contribution in [1.29, 1.82) is 0 Å². The maximum Gasteiger partial charge on any atom is 2.00 e. The molecule has 3 amide bonds. The average molecular weight is 1190 g/mol. The fourth-order valence-corrected chi connectivity index (χ4v) is 5.86. The molecule has 0 aromatic heterocycles. The molecule has 0 bridgehead atoms. The molecule has 5 aliphatic rings. The third-order valence-corrected chi connectivity index (χ3v) is 9.38. The molecule has 0 saturated carbocycles. The summed E-state index contributed by atoms with van der Waals surface area (Å²) in [5.74, 6) is 0.00515. The molecule has 76 heavy (non-hydrogen) atoms. The zero-order valence-corrected chi connectivity index (χ0v) is 50.5. The first kappa shape index (κ1) is 82.7. The van der Waals surface area contributed by atoms with Gasteiger partial charge in [-0.25, -0.2) is 14.4 Å². The van der Waals surface area contributed by atoms with Gasteiger partial charge in [0.2, 0.25) is 6.29 Å². The maximum atomic E-state index is 11.9. The van der Waals surface area contributed by atoms with Crippen LogP contribution in [0.25, 0.3) is 0 Å². The van der Waals surface area contributed by atoms with Crippen LogP contribution in [0.1, 0.15) is 137 Å². The monoisotopic (exact) mass is 1190 g/mol. The second kappa shape index (κ2) is 44.6. The average Bonchev–Trinajstić information content (AvgIpc) is 3.81. The molecule has 4 N–H and O–H groups in total. The number of carbonyl (C=O) groups excluding carboxylic acids is 5. The zero-order chi connectivity index (χ0) is 56.4. The summed E-state index contributed by atoms with van der Waals surface area (Å²) >= 11 is 0. The number of ether oxygens (including phenoxy) is 8. The summed E-state index contributed by atoms with van der Waals surface area (Å²) in [6.07, 6.45) is -2.77. The summed E-state index contributed by atoms with van der Waals surface area (Å²) in [5, 5.41) is 32.3. The normalized spacial score (nSPS) is 22.6. The topological polar surface area (TPSA) is 242 Å². The Balaban J connectivity index is -0.000000200. The van der Waals surface area contributed by atoms with E-state index in [-0.39, 0.29) is 73.8 Å². The number of hydrogen-bond donors (Lipinski definition) is 4. The van der Waals surface area contributed by atoms with Gasteiger partial charge in [-0.15, -0.1) is 0 Å². The minimum atomic E-state index is -4.64. The molecule has 25 heteroatoms. The van der Waals surface area contributed by atoms with Gasteiger partial charge in [0.05, 0.1) is 70.0 Å². The molecular weight excluding hydrogens is 1090 g/mol. The van der Waals surface area contributed by atoms with E-state index < -0.39 is 64.9 Å². The maximum absolute atomic E-state index is 11.9. The van der Waals surface area contributed by atoms with Crippen molar-refractivity contribution in [1.82, 2.24) is 20.0 Å². The number of halogens is 4. The Bertz CT molecular complexity index is 1510. The van der Waals surface area contributed by atoms with Gasteiger partial charge in [0, 0.05) is 86.4 Å². The number of nitrogens with zero attached hydrogens (tertiary/aromatic N) is 3. The number of aliphatic hydroxyl groups is 3. The summed E-state index contributed by atoms with van der Waals surface area (Å²) in [7, 11) is 0. The molecule has 5 heterocycles. The van der Waals surface area contributed by atoms with Gasteiger partial charge in [0.15, 0.2) is 5.78 Å². The molecule has 0 aromatic rings. The van der Waals surface area contributed by atoms with E-state index in [0.29, 0.717) is 105 Å². The predicted octanol–water partition coefficient (Wildman–Crippen LogP) is 3.64. The summed E-state index contributed by atoms with van der Waals surface area (Å²) in [6, 6.07) is 0. The molecule has 0 radical (unpaired) electrons. The summed E-state index contributed by atoms with van der Waals surface area (Å²) in [4.78, 5) is 59.9. The molecule has 0 aromatic carbocycles.